The molecule has 2 heterocycles. The average Bonchev–Trinajstić information content (AvgIpc) is 3.03. The first-order valence-corrected chi connectivity index (χ1v) is 9.14. The number of amides is 2. The van der Waals surface area contributed by atoms with Crippen molar-refractivity contribution in [2.45, 2.75) is 39.3 Å². The third-order valence-electron chi connectivity index (χ3n) is 4.56. The Morgan fingerprint density at radius 2 is 2.07 bits per heavy atom. The summed E-state index contributed by atoms with van der Waals surface area (Å²) in [5, 5.41) is 8.67. The second kappa shape index (κ2) is 9.66. The third-order valence-corrected chi connectivity index (χ3v) is 4.56. The van der Waals surface area contributed by atoms with Crippen LogP contribution in [0.3, 0.4) is 0 Å². The zero-order valence-electron chi connectivity index (χ0n) is 15.9. The van der Waals surface area contributed by atoms with E-state index < -0.39 is 24.0 Å². The van der Waals surface area contributed by atoms with E-state index in [9.17, 15) is 14.4 Å². The van der Waals surface area contributed by atoms with E-state index in [0.29, 0.717) is 18.8 Å². The van der Waals surface area contributed by atoms with Crippen LogP contribution in [0.1, 0.15) is 27.2 Å². The maximum atomic E-state index is 12.9. The Balaban J connectivity index is 2.04. The lowest BCUT2D eigenvalue weighted by molar-refractivity contribution is -0.143. The molecule has 1 fully saturated rings. The van der Waals surface area contributed by atoms with Crippen LogP contribution in [-0.2, 0) is 23.8 Å². The molecule has 1 saturated heterocycles. The number of aliphatic hydroxyl groups is 1. The lowest BCUT2D eigenvalue weighted by Gasteiger charge is -2.30. The number of aliphatic hydroxyl groups excluding tert-OH is 1. The van der Waals surface area contributed by atoms with E-state index >= 15 is 0 Å². The third kappa shape index (κ3) is 5.17. The molecule has 0 spiro atoms. The van der Waals surface area contributed by atoms with Crippen molar-refractivity contribution in [1.29, 1.82) is 0 Å². The molecule has 2 amide bonds. The van der Waals surface area contributed by atoms with Gasteiger partial charge in [0.15, 0.2) is 11.9 Å². The van der Waals surface area contributed by atoms with Crippen LogP contribution in [0.5, 0.6) is 0 Å². The fourth-order valence-electron chi connectivity index (χ4n) is 2.95. The number of imide groups is 1. The molecule has 1 N–H and O–H groups in total. The summed E-state index contributed by atoms with van der Waals surface area (Å²) >= 11 is 0. The first kappa shape index (κ1) is 21.1. The number of ether oxygens (including phenoxy) is 3. The van der Waals surface area contributed by atoms with E-state index in [1.807, 2.05) is 13.8 Å². The van der Waals surface area contributed by atoms with Gasteiger partial charge in [0.1, 0.15) is 12.4 Å². The summed E-state index contributed by atoms with van der Waals surface area (Å²) < 4.78 is 15.9. The highest BCUT2D eigenvalue weighted by Crippen LogP contribution is 2.26. The standard InChI is InChI=1S/C19H27NO7/c1-12(2)15-11-26-19(24)20(15)18(23)13(3)17-16(22)7-6-14(27-17)5-4-9-25-10-8-21/h5-7,12-13,15,17,21H,4,8-11H2,1-3H3/t13-,15+,17+/m1/s1. The molecule has 8 nitrogen and oxygen atoms in total. The molecule has 0 saturated carbocycles. The van der Waals surface area contributed by atoms with Crippen LogP contribution in [0.2, 0.25) is 0 Å². The number of carbonyl (C=O) groups excluding carboxylic acids is 3. The van der Waals surface area contributed by atoms with Crippen molar-refractivity contribution < 1.29 is 33.7 Å². The van der Waals surface area contributed by atoms with Gasteiger partial charge in [-0.3, -0.25) is 9.59 Å². The molecule has 0 bridgehead atoms. The molecular weight excluding hydrogens is 354 g/mol. The van der Waals surface area contributed by atoms with Crippen LogP contribution in [0.15, 0.2) is 24.0 Å². The lowest BCUT2D eigenvalue weighted by Crippen LogP contribution is -2.48. The minimum atomic E-state index is -0.992. The molecule has 8 heteroatoms. The molecule has 0 aliphatic carbocycles. The molecule has 0 unspecified atom stereocenters. The van der Waals surface area contributed by atoms with Crippen LogP contribution >= 0.6 is 0 Å². The zero-order valence-corrected chi connectivity index (χ0v) is 15.9. The minimum Gasteiger partial charge on any atom is -0.482 e. The summed E-state index contributed by atoms with van der Waals surface area (Å²) in [5.41, 5.74) is 0. The van der Waals surface area contributed by atoms with Gasteiger partial charge in [-0.15, -0.1) is 0 Å². The van der Waals surface area contributed by atoms with Crippen LogP contribution in [-0.4, -0.2) is 66.4 Å². The van der Waals surface area contributed by atoms with Crippen LogP contribution in [0.25, 0.3) is 0 Å². The summed E-state index contributed by atoms with van der Waals surface area (Å²) in [6, 6.07) is -0.347. The van der Waals surface area contributed by atoms with Crippen LogP contribution in [0.4, 0.5) is 4.79 Å². The normalized spacial score (nSPS) is 25.1. The van der Waals surface area contributed by atoms with Gasteiger partial charge in [-0.05, 0) is 37.5 Å². The Hall–Kier alpha value is -2.19. The number of cyclic esters (lactones) is 1. The smallest absolute Gasteiger partial charge is 0.416 e. The molecular formula is C19H27NO7. The van der Waals surface area contributed by atoms with Crippen molar-refractivity contribution in [2.24, 2.45) is 11.8 Å². The van der Waals surface area contributed by atoms with E-state index in [1.165, 1.54) is 6.08 Å². The largest absolute Gasteiger partial charge is 0.482 e. The summed E-state index contributed by atoms with van der Waals surface area (Å²) in [6.07, 6.45) is 3.54. The molecule has 0 radical (unpaired) electrons. The van der Waals surface area contributed by atoms with E-state index in [0.717, 1.165) is 4.90 Å². The Morgan fingerprint density at radius 1 is 1.33 bits per heavy atom. The van der Waals surface area contributed by atoms with Gasteiger partial charge in [0.05, 0.1) is 31.8 Å². The first-order valence-electron chi connectivity index (χ1n) is 9.14. The van der Waals surface area contributed by atoms with E-state index in [4.69, 9.17) is 19.3 Å². The van der Waals surface area contributed by atoms with Crippen molar-refractivity contribution in [2.75, 3.05) is 26.4 Å². The highest BCUT2D eigenvalue weighted by molar-refractivity contribution is 6.01. The maximum Gasteiger partial charge on any atom is 0.416 e. The van der Waals surface area contributed by atoms with Gasteiger partial charge in [-0.2, -0.15) is 0 Å². The van der Waals surface area contributed by atoms with Gasteiger partial charge in [0.25, 0.3) is 0 Å². The predicted molar refractivity (Wildman–Crippen MR) is 95.6 cm³/mol. The van der Waals surface area contributed by atoms with Gasteiger partial charge in [0.2, 0.25) is 5.91 Å². The van der Waals surface area contributed by atoms with E-state index in [-0.39, 0.29) is 37.6 Å². The number of hydrogen-bond acceptors (Lipinski definition) is 7. The zero-order chi connectivity index (χ0) is 20.0. The average molecular weight is 381 g/mol. The number of ketones is 1. The second-order valence-corrected chi connectivity index (χ2v) is 6.89. The van der Waals surface area contributed by atoms with E-state index in [1.54, 1.807) is 19.1 Å². The second-order valence-electron chi connectivity index (χ2n) is 6.89. The topological polar surface area (TPSA) is 102 Å². The Morgan fingerprint density at radius 3 is 2.74 bits per heavy atom. The molecule has 2 rings (SSSR count). The van der Waals surface area contributed by atoms with E-state index in [2.05, 4.69) is 0 Å². The highest BCUT2D eigenvalue weighted by atomic mass is 16.6. The number of hydrogen-bond donors (Lipinski definition) is 1. The number of allylic oxidation sites excluding steroid dienone is 1. The molecule has 0 aromatic rings. The van der Waals surface area contributed by atoms with Crippen molar-refractivity contribution in [1.82, 2.24) is 4.90 Å². The SMILES string of the molecule is CC(C)[C@@H]1COC(=O)N1C(=O)[C@H](C)[C@@H]1OC(=CCCOCCO)C=CC1=O. The monoisotopic (exact) mass is 381 g/mol. The lowest BCUT2D eigenvalue weighted by atomic mass is 9.95. The Kier molecular flexibility index (Phi) is 7.55. The molecule has 0 aromatic heterocycles. The van der Waals surface area contributed by atoms with Gasteiger partial charge in [-0.1, -0.05) is 13.8 Å². The summed E-state index contributed by atoms with van der Waals surface area (Å²) in [4.78, 5) is 38.2. The maximum absolute atomic E-state index is 12.9. The van der Waals surface area contributed by atoms with Crippen molar-refractivity contribution in [3.63, 3.8) is 0 Å². The summed E-state index contributed by atoms with van der Waals surface area (Å²) in [5.74, 6) is -1.11. The molecule has 2 aliphatic rings. The van der Waals surface area contributed by atoms with Gasteiger partial charge < -0.3 is 19.3 Å². The van der Waals surface area contributed by atoms with Gasteiger partial charge >= 0.3 is 6.09 Å². The molecule has 27 heavy (non-hydrogen) atoms. The Bertz CT molecular complexity index is 626. The molecule has 3 atom stereocenters. The fourth-order valence-corrected chi connectivity index (χ4v) is 2.95. The van der Waals surface area contributed by atoms with Crippen LogP contribution in [0, 0.1) is 11.8 Å². The summed E-state index contributed by atoms with van der Waals surface area (Å²) in [7, 11) is 0. The summed E-state index contributed by atoms with van der Waals surface area (Å²) in [6.45, 7) is 6.17. The quantitative estimate of drug-likeness (QED) is 0.635. The van der Waals surface area contributed by atoms with Gasteiger partial charge in [-0.25, -0.2) is 9.69 Å². The number of carbonyl (C=O) groups is 3. The van der Waals surface area contributed by atoms with Crippen molar-refractivity contribution >= 4 is 17.8 Å². The fraction of sp³-hybridized carbons (Fsp3) is 0.632. The minimum absolute atomic E-state index is 0.0422. The Labute approximate surface area is 158 Å². The molecule has 150 valence electrons. The molecule has 2 aliphatic heterocycles. The van der Waals surface area contributed by atoms with Crippen molar-refractivity contribution in [3.8, 4) is 0 Å². The first-order chi connectivity index (χ1) is 12.9. The van der Waals surface area contributed by atoms with Gasteiger partial charge in [0, 0.05) is 0 Å². The van der Waals surface area contributed by atoms with Crippen molar-refractivity contribution in [3.05, 3.63) is 24.0 Å². The molecule has 0 aromatic carbocycles. The van der Waals surface area contributed by atoms with Crippen LogP contribution < -0.4 is 0 Å². The predicted octanol–water partition coefficient (Wildman–Crippen LogP) is 1.43. The number of rotatable bonds is 8. The highest BCUT2D eigenvalue weighted by Gasteiger charge is 2.44. The number of nitrogens with zero attached hydrogens (tertiary/aromatic N) is 1.